The quantitative estimate of drug-likeness (QED) is 0.670. The van der Waals surface area contributed by atoms with Crippen LogP contribution in [0.5, 0.6) is 0 Å². The summed E-state index contributed by atoms with van der Waals surface area (Å²) in [6, 6.07) is -0.503. The molecule has 1 fully saturated rings. The average molecular weight is 269 g/mol. The number of amides is 2. The average Bonchev–Trinajstić information content (AvgIpc) is 2.71. The molecule has 4 N–H and O–H groups in total. The van der Waals surface area contributed by atoms with Gasteiger partial charge in [-0.3, -0.25) is 9.59 Å². The largest absolute Gasteiger partial charge is 0.354 e. The smallest absolute Gasteiger partial charge is 0.242 e. The Morgan fingerprint density at radius 1 is 1.21 bits per heavy atom. The van der Waals surface area contributed by atoms with Gasteiger partial charge in [0.25, 0.3) is 0 Å². The van der Waals surface area contributed by atoms with Crippen LogP contribution < -0.4 is 16.4 Å². The Hall–Kier alpha value is -1.10. The number of nitrogens with two attached hydrogens (primary N) is 1. The first-order valence-corrected chi connectivity index (χ1v) is 7.18. The third-order valence-corrected chi connectivity index (χ3v) is 3.57. The molecule has 1 aliphatic rings. The Bertz CT molecular complexity index is 323. The molecule has 0 saturated heterocycles. The predicted molar refractivity (Wildman–Crippen MR) is 75.5 cm³/mol. The van der Waals surface area contributed by atoms with E-state index in [1.807, 2.05) is 13.8 Å². The highest BCUT2D eigenvalue weighted by Crippen LogP contribution is 2.29. The highest BCUT2D eigenvalue weighted by atomic mass is 16.2. The molecule has 0 aromatic rings. The minimum absolute atomic E-state index is 0.128. The summed E-state index contributed by atoms with van der Waals surface area (Å²) >= 11 is 0. The van der Waals surface area contributed by atoms with Crippen molar-refractivity contribution in [2.75, 3.05) is 6.54 Å². The van der Waals surface area contributed by atoms with Gasteiger partial charge in [-0.25, -0.2) is 0 Å². The Kier molecular flexibility index (Phi) is 5.79. The lowest BCUT2D eigenvalue weighted by Gasteiger charge is -2.23. The zero-order valence-electron chi connectivity index (χ0n) is 12.3. The molecule has 1 atom stereocenters. The van der Waals surface area contributed by atoms with Crippen molar-refractivity contribution in [3.63, 3.8) is 0 Å². The minimum Gasteiger partial charge on any atom is -0.354 e. The number of carbonyl (C=O) groups excluding carboxylic acids is 2. The molecular weight excluding hydrogens is 242 g/mol. The summed E-state index contributed by atoms with van der Waals surface area (Å²) in [5.41, 5.74) is 5.79. The van der Waals surface area contributed by atoms with Crippen LogP contribution >= 0.6 is 0 Å². The maximum Gasteiger partial charge on any atom is 0.242 e. The van der Waals surface area contributed by atoms with Crippen LogP contribution in [0, 0.1) is 5.92 Å². The third-order valence-electron chi connectivity index (χ3n) is 3.57. The molecule has 0 aromatic heterocycles. The molecule has 1 saturated carbocycles. The van der Waals surface area contributed by atoms with Crippen molar-refractivity contribution in [2.24, 2.45) is 11.7 Å². The molecule has 5 heteroatoms. The Balaban J connectivity index is 2.32. The van der Waals surface area contributed by atoms with Gasteiger partial charge in [0.2, 0.25) is 11.8 Å². The molecule has 1 aliphatic carbocycles. The molecule has 0 radical (unpaired) electrons. The number of nitrogens with one attached hydrogen (secondary N) is 2. The topological polar surface area (TPSA) is 84.2 Å². The summed E-state index contributed by atoms with van der Waals surface area (Å²) in [4.78, 5) is 23.6. The zero-order chi connectivity index (χ0) is 14.5. The molecule has 2 amide bonds. The molecule has 19 heavy (non-hydrogen) atoms. The van der Waals surface area contributed by atoms with Gasteiger partial charge in [-0.2, -0.15) is 0 Å². The van der Waals surface area contributed by atoms with Crippen molar-refractivity contribution >= 4 is 11.8 Å². The first-order valence-electron chi connectivity index (χ1n) is 7.18. The lowest BCUT2D eigenvalue weighted by atomic mass is 9.94. The lowest BCUT2D eigenvalue weighted by Crippen LogP contribution is -2.49. The first kappa shape index (κ1) is 16.0. The Morgan fingerprint density at radius 3 is 2.32 bits per heavy atom. The van der Waals surface area contributed by atoms with E-state index in [9.17, 15) is 9.59 Å². The van der Waals surface area contributed by atoms with Crippen molar-refractivity contribution in [3.8, 4) is 0 Å². The summed E-state index contributed by atoms with van der Waals surface area (Å²) in [6.07, 6.45) is 4.29. The van der Waals surface area contributed by atoms with E-state index in [0.717, 1.165) is 25.7 Å². The summed E-state index contributed by atoms with van der Waals surface area (Å²) < 4.78 is 0. The SMILES string of the molecule is CC(C)CNC(=O)C(C)NC(=O)CC1(N)CCCC1. The molecule has 110 valence electrons. The second kappa shape index (κ2) is 6.89. The van der Waals surface area contributed by atoms with Crippen LogP contribution in [0.4, 0.5) is 0 Å². The van der Waals surface area contributed by atoms with Gasteiger partial charge < -0.3 is 16.4 Å². The van der Waals surface area contributed by atoms with Crippen LogP contribution in [-0.4, -0.2) is 29.9 Å². The number of hydrogen-bond acceptors (Lipinski definition) is 3. The molecular formula is C14H27N3O2. The standard InChI is InChI=1S/C14H27N3O2/c1-10(2)9-16-13(19)11(3)17-12(18)8-14(15)6-4-5-7-14/h10-11H,4-9,15H2,1-3H3,(H,16,19)(H,17,18). The van der Waals surface area contributed by atoms with Crippen molar-refractivity contribution in [1.29, 1.82) is 0 Å². The van der Waals surface area contributed by atoms with Crippen LogP contribution in [0.1, 0.15) is 52.9 Å². The third kappa shape index (κ3) is 5.59. The number of carbonyl (C=O) groups is 2. The van der Waals surface area contributed by atoms with Gasteiger partial charge in [-0.05, 0) is 25.7 Å². The van der Waals surface area contributed by atoms with Crippen molar-refractivity contribution in [3.05, 3.63) is 0 Å². The second-order valence-corrected chi connectivity index (χ2v) is 6.17. The molecule has 0 aliphatic heterocycles. The van der Waals surface area contributed by atoms with Gasteiger partial charge in [0, 0.05) is 18.5 Å². The van der Waals surface area contributed by atoms with E-state index < -0.39 is 6.04 Å². The molecule has 0 aromatic carbocycles. The Labute approximate surface area is 115 Å². The van der Waals surface area contributed by atoms with Gasteiger partial charge in [0.05, 0.1) is 0 Å². The van der Waals surface area contributed by atoms with Crippen LogP contribution in [0.25, 0.3) is 0 Å². The van der Waals surface area contributed by atoms with Crippen LogP contribution in [-0.2, 0) is 9.59 Å². The molecule has 5 nitrogen and oxygen atoms in total. The fourth-order valence-electron chi connectivity index (χ4n) is 2.39. The van der Waals surface area contributed by atoms with E-state index in [2.05, 4.69) is 10.6 Å². The maximum absolute atomic E-state index is 11.9. The second-order valence-electron chi connectivity index (χ2n) is 6.17. The van der Waals surface area contributed by atoms with Gasteiger partial charge in [-0.1, -0.05) is 26.7 Å². The highest BCUT2D eigenvalue weighted by Gasteiger charge is 2.32. The minimum atomic E-state index is -0.503. The first-order chi connectivity index (χ1) is 8.82. The number of rotatable bonds is 6. The fourth-order valence-corrected chi connectivity index (χ4v) is 2.39. The zero-order valence-corrected chi connectivity index (χ0v) is 12.3. The van der Waals surface area contributed by atoms with Crippen molar-refractivity contribution < 1.29 is 9.59 Å². The molecule has 0 heterocycles. The summed E-state index contributed by atoms with van der Waals surface area (Å²) in [7, 11) is 0. The van der Waals surface area contributed by atoms with E-state index >= 15 is 0 Å². The highest BCUT2D eigenvalue weighted by molar-refractivity contribution is 5.87. The van der Waals surface area contributed by atoms with Crippen molar-refractivity contribution in [2.45, 2.75) is 64.5 Å². The summed E-state index contributed by atoms with van der Waals surface area (Å²) in [5, 5.41) is 5.53. The molecule has 0 spiro atoms. The van der Waals surface area contributed by atoms with E-state index in [0.29, 0.717) is 18.9 Å². The number of hydrogen-bond donors (Lipinski definition) is 3. The molecule has 1 unspecified atom stereocenters. The van der Waals surface area contributed by atoms with E-state index in [1.54, 1.807) is 6.92 Å². The van der Waals surface area contributed by atoms with E-state index in [4.69, 9.17) is 5.73 Å². The van der Waals surface area contributed by atoms with Gasteiger partial charge in [-0.15, -0.1) is 0 Å². The van der Waals surface area contributed by atoms with Crippen LogP contribution in [0.15, 0.2) is 0 Å². The Morgan fingerprint density at radius 2 is 1.79 bits per heavy atom. The van der Waals surface area contributed by atoms with Crippen LogP contribution in [0.2, 0.25) is 0 Å². The monoisotopic (exact) mass is 269 g/mol. The van der Waals surface area contributed by atoms with E-state index in [1.165, 1.54) is 0 Å². The predicted octanol–water partition coefficient (Wildman–Crippen LogP) is 0.925. The lowest BCUT2D eigenvalue weighted by molar-refractivity contribution is -0.129. The van der Waals surface area contributed by atoms with E-state index in [-0.39, 0.29) is 17.4 Å². The van der Waals surface area contributed by atoms with Crippen LogP contribution in [0.3, 0.4) is 0 Å². The maximum atomic E-state index is 11.9. The summed E-state index contributed by atoms with van der Waals surface area (Å²) in [5.74, 6) is 0.133. The molecule has 0 bridgehead atoms. The summed E-state index contributed by atoms with van der Waals surface area (Å²) in [6.45, 7) is 6.38. The fraction of sp³-hybridized carbons (Fsp3) is 0.857. The normalized spacial score (nSPS) is 19.2. The van der Waals surface area contributed by atoms with Gasteiger partial charge in [0.1, 0.15) is 6.04 Å². The van der Waals surface area contributed by atoms with Crippen molar-refractivity contribution in [1.82, 2.24) is 10.6 Å². The van der Waals surface area contributed by atoms with Gasteiger partial charge >= 0.3 is 0 Å². The molecule has 1 rings (SSSR count). The van der Waals surface area contributed by atoms with Gasteiger partial charge in [0.15, 0.2) is 0 Å².